The molecule has 0 fully saturated rings. The van der Waals surface area contributed by atoms with Gasteiger partial charge in [0.25, 0.3) is 11.6 Å². The maximum atomic E-state index is 12.8. The predicted molar refractivity (Wildman–Crippen MR) is 93.3 cm³/mol. The number of hydrogen-bond acceptors (Lipinski definition) is 6. The number of rotatable bonds is 8. The lowest BCUT2D eigenvalue weighted by atomic mass is 10.1. The molecule has 1 amide bonds. The van der Waals surface area contributed by atoms with E-state index >= 15 is 0 Å². The fourth-order valence-electron chi connectivity index (χ4n) is 2.36. The van der Waals surface area contributed by atoms with E-state index in [0.717, 1.165) is 5.56 Å². The molecular formula is C18H19N3O5. The van der Waals surface area contributed by atoms with Crippen LogP contribution >= 0.6 is 0 Å². The number of benzene rings is 1. The summed E-state index contributed by atoms with van der Waals surface area (Å²) < 4.78 is 4.90. The summed E-state index contributed by atoms with van der Waals surface area (Å²) in [5, 5.41) is 10.9. The fraction of sp³-hybridized carbons (Fsp3) is 0.278. The molecule has 1 aromatic carbocycles. The first-order valence-corrected chi connectivity index (χ1v) is 8.09. The van der Waals surface area contributed by atoms with Crippen LogP contribution < -0.4 is 0 Å². The van der Waals surface area contributed by atoms with Crippen molar-refractivity contribution in [2.24, 2.45) is 0 Å². The van der Waals surface area contributed by atoms with E-state index < -0.39 is 16.8 Å². The molecule has 136 valence electrons. The van der Waals surface area contributed by atoms with Gasteiger partial charge in [-0.2, -0.15) is 0 Å². The number of non-ortho nitro benzene ring substituents is 1. The van der Waals surface area contributed by atoms with Gasteiger partial charge in [0, 0.05) is 43.2 Å². The van der Waals surface area contributed by atoms with Crippen LogP contribution in [0.4, 0.5) is 5.69 Å². The van der Waals surface area contributed by atoms with Crippen LogP contribution in [-0.2, 0) is 16.1 Å². The third kappa shape index (κ3) is 5.37. The third-order valence-electron chi connectivity index (χ3n) is 3.58. The van der Waals surface area contributed by atoms with Crippen LogP contribution in [-0.4, -0.2) is 39.8 Å². The van der Waals surface area contributed by atoms with E-state index in [9.17, 15) is 19.7 Å². The van der Waals surface area contributed by atoms with Crippen LogP contribution in [0.3, 0.4) is 0 Å². The average molecular weight is 357 g/mol. The molecule has 0 aliphatic carbocycles. The van der Waals surface area contributed by atoms with E-state index in [2.05, 4.69) is 4.98 Å². The minimum Gasteiger partial charge on any atom is -0.466 e. The molecule has 0 aliphatic heterocycles. The van der Waals surface area contributed by atoms with Crippen molar-refractivity contribution in [1.82, 2.24) is 9.88 Å². The number of aromatic nitrogens is 1. The van der Waals surface area contributed by atoms with Crippen LogP contribution in [0.1, 0.15) is 29.3 Å². The Hall–Kier alpha value is -3.29. The van der Waals surface area contributed by atoms with Gasteiger partial charge in [0.05, 0.1) is 18.0 Å². The topological polar surface area (TPSA) is 103 Å². The Labute approximate surface area is 150 Å². The largest absolute Gasteiger partial charge is 0.466 e. The molecule has 1 aromatic heterocycles. The van der Waals surface area contributed by atoms with Crippen molar-refractivity contribution in [2.75, 3.05) is 13.2 Å². The molecule has 0 saturated heterocycles. The van der Waals surface area contributed by atoms with Crippen LogP contribution in [0.25, 0.3) is 0 Å². The Bertz CT molecular complexity index is 779. The van der Waals surface area contributed by atoms with Gasteiger partial charge in [-0.05, 0) is 24.6 Å². The first kappa shape index (κ1) is 19.0. The van der Waals surface area contributed by atoms with E-state index in [1.807, 2.05) is 6.07 Å². The van der Waals surface area contributed by atoms with Crippen LogP contribution in [0.2, 0.25) is 0 Å². The lowest BCUT2D eigenvalue weighted by Crippen LogP contribution is -2.33. The standard InChI is InChI=1S/C18H19N3O5/c1-2-26-17(22)8-10-20(13-14-5-4-9-19-12-14)18(23)15-6-3-7-16(11-15)21(24)25/h3-7,9,11-12H,2,8,10,13H2,1H3. The number of nitro groups is 1. The van der Waals surface area contributed by atoms with Crippen molar-refractivity contribution in [2.45, 2.75) is 19.9 Å². The number of amides is 1. The summed E-state index contributed by atoms with van der Waals surface area (Å²) in [6.45, 7) is 2.34. The summed E-state index contributed by atoms with van der Waals surface area (Å²) in [5.41, 5.74) is 0.810. The van der Waals surface area contributed by atoms with Gasteiger partial charge >= 0.3 is 5.97 Å². The Morgan fingerprint density at radius 1 is 1.27 bits per heavy atom. The number of hydrogen-bond donors (Lipinski definition) is 0. The monoisotopic (exact) mass is 357 g/mol. The van der Waals surface area contributed by atoms with Crippen molar-refractivity contribution in [3.05, 3.63) is 70.0 Å². The molecule has 2 rings (SSSR count). The molecule has 0 N–H and O–H groups in total. The number of nitro benzene ring substituents is 1. The highest BCUT2D eigenvalue weighted by atomic mass is 16.6. The minimum atomic E-state index is -0.555. The van der Waals surface area contributed by atoms with Crippen molar-refractivity contribution in [1.29, 1.82) is 0 Å². The molecular weight excluding hydrogens is 338 g/mol. The smallest absolute Gasteiger partial charge is 0.307 e. The highest BCUT2D eigenvalue weighted by molar-refractivity contribution is 5.95. The second kappa shape index (κ2) is 9.26. The normalized spacial score (nSPS) is 10.2. The second-order valence-corrected chi connectivity index (χ2v) is 5.45. The van der Waals surface area contributed by atoms with E-state index in [1.54, 1.807) is 25.4 Å². The van der Waals surface area contributed by atoms with Crippen LogP contribution in [0.15, 0.2) is 48.8 Å². The van der Waals surface area contributed by atoms with Gasteiger partial charge in [0.15, 0.2) is 0 Å². The Balaban J connectivity index is 2.20. The second-order valence-electron chi connectivity index (χ2n) is 5.45. The van der Waals surface area contributed by atoms with Crippen molar-refractivity contribution in [3.8, 4) is 0 Å². The zero-order valence-corrected chi connectivity index (χ0v) is 14.3. The highest BCUT2D eigenvalue weighted by Crippen LogP contribution is 2.16. The van der Waals surface area contributed by atoms with Crippen molar-refractivity contribution >= 4 is 17.6 Å². The van der Waals surface area contributed by atoms with Crippen LogP contribution in [0, 0.1) is 10.1 Å². The summed E-state index contributed by atoms with van der Waals surface area (Å²) in [7, 11) is 0. The summed E-state index contributed by atoms with van der Waals surface area (Å²) in [5.74, 6) is -0.808. The lowest BCUT2D eigenvalue weighted by molar-refractivity contribution is -0.384. The molecule has 0 saturated carbocycles. The van der Waals surface area contributed by atoms with E-state index in [-0.39, 0.29) is 37.4 Å². The molecule has 2 aromatic rings. The van der Waals surface area contributed by atoms with Gasteiger partial charge in [-0.1, -0.05) is 12.1 Å². The first-order valence-electron chi connectivity index (χ1n) is 8.09. The predicted octanol–water partition coefficient (Wildman–Crippen LogP) is 2.59. The summed E-state index contributed by atoms with van der Waals surface area (Å²) >= 11 is 0. The third-order valence-corrected chi connectivity index (χ3v) is 3.58. The van der Waals surface area contributed by atoms with E-state index in [1.165, 1.54) is 29.2 Å². The minimum absolute atomic E-state index is 0.0365. The number of ether oxygens (including phenoxy) is 1. The van der Waals surface area contributed by atoms with E-state index in [4.69, 9.17) is 4.74 Å². The van der Waals surface area contributed by atoms with Crippen molar-refractivity contribution in [3.63, 3.8) is 0 Å². The maximum absolute atomic E-state index is 12.8. The quantitative estimate of drug-likeness (QED) is 0.409. The molecule has 8 heteroatoms. The lowest BCUT2D eigenvalue weighted by Gasteiger charge is -2.22. The Morgan fingerprint density at radius 3 is 2.73 bits per heavy atom. The number of carbonyl (C=O) groups is 2. The summed E-state index contributed by atoms with van der Waals surface area (Å²) in [4.78, 5) is 40.3. The number of esters is 1. The van der Waals surface area contributed by atoms with Gasteiger partial charge in [-0.3, -0.25) is 24.7 Å². The van der Waals surface area contributed by atoms with Gasteiger partial charge in [0.2, 0.25) is 0 Å². The van der Waals surface area contributed by atoms with Gasteiger partial charge in [-0.15, -0.1) is 0 Å². The van der Waals surface area contributed by atoms with Gasteiger partial charge in [-0.25, -0.2) is 0 Å². The Kier molecular flexibility index (Phi) is 6.78. The molecule has 26 heavy (non-hydrogen) atoms. The zero-order valence-electron chi connectivity index (χ0n) is 14.3. The SMILES string of the molecule is CCOC(=O)CCN(Cc1cccnc1)C(=O)c1cccc([N+](=O)[O-])c1. The fourth-order valence-corrected chi connectivity index (χ4v) is 2.36. The molecule has 8 nitrogen and oxygen atoms in total. The zero-order chi connectivity index (χ0) is 18.9. The number of carbonyl (C=O) groups excluding carboxylic acids is 2. The average Bonchev–Trinajstić information content (AvgIpc) is 2.65. The maximum Gasteiger partial charge on any atom is 0.307 e. The highest BCUT2D eigenvalue weighted by Gasteiger charge is 2.20. The number of nitrogens with zero attached hydrogens (tertiary/aromatic N) is 3. The molecule has 0 spiro atoms. The summed E-state index contributed by atoms with van der Waals surface area (Å²) in [6, 6.07) is 9.07. The molecule has 0 atom stereocenters. The van der Waals surface area contributed by atoms with Crippen LogP contribution in [0.5, 0.6) is 0 Å². The molecule has 0 bridgehead atoms. The van der Waals surface area contributed by atoms with Crippen molar-refractivity contribution < 1.29 is 19.2 Å². The molecule has 0 unspecified atom stereocenters. The first-order chi connectivity index (χ1) is 12.5. The van der Waals surface area contributed by atoms with Gasteiger partial charge in [0.1, 0.15) is 0 Å². The molecule has 0 radical (unpaired) electrons. The molecule has 1 heterocycles. The van der Waals surface area contributed by atoms with Gasteiger partial charge < -0.3 is 9.64 Å². The summed E-state index contributed by atoms with van der Waals surface area (Å²) in [6.07, 6.45) is 3.28. The Morgan fingerprint density at radius 2 is 2.08 bits per heavy atom. The number of pyridine rings is 1. The van der Waals surface area contributed by atoms with E-state index in [0.29, 0.717) is 0 Å². The molecule has 0 aliphatic rings.